The molecule has 4 nitrogen and oxygen atoms in total. The predicted molar refractivity (Wildman–Crippen MR) is 166 cm³/mol. The lowest BCUT2D eigenvalue weighted by atomic mass is 9.94. The summed E-state index contributed by atoms with van der Waals surface area (Å²) in [7, 11) is 0. The van der Waals surface area contributed by atoms with Crippen molar-refractivity contribution in [2.24, 2.45) is 0 Å². The molecule has 4 aliphatic rings. The SMILES string of the molecule is C=Cc1ccc(S)c2c1/C(=C\c1ccc3c(/C=C4/NC=Cc5c(S)ccc(C=C)c54)ncc-3cn1)NC=C2. The van der Waals surface area contributed by atoms with E-state index in [1.54, 1.807) is 0 Å². The van der Waals surface area contributed by atoms with E-state index in [4.69, 9.17) is 9.97 Å². The number of thiol groups is 2. The van der Waals surface area contributed by atoms with Gasteiger partial charge in [-0.15, -0.1) is 25.3 Å². The smallest absolute Gasteiger partial charge is 0.0730 e. The van der Waals surface area contributed by atoms with Crippen LogP contribution < -0.4 is 10.6 Å². The molecular formula is C32H24N4S2. The molecule has 0 aromatic heterocycles. The van der Waals surface area contributed by atoms with Crippen molar-refractivity contribution in [3.63, 3.8) is 0 Å². The maximum Gasteiger partial charge on any atom is 0.0730 e. The summed E-state index contributed by atoms with van der Waals surface area (Å²) in [6, 6.07) is 12.1. The summed E-state index contributed by atoms with van der Waals surface area (Å²) in [5.74, 6) is 0. The summed E-state index contributed by atoms with van der Waals surface area (Å²) in [4.78, 5) is 11.3. The number of nitrogens with one attached hydrogen (secondary N) is 2. The van der Waals surface area contributed by atoms with Crippen molar-refractivity contribution in [3.05, 3.63) is 119 Å². The predicted octanol–water partition coefficient (Wildman–Crippen LogP) is 7.59. The molecule has 2 N–H and O–H groups in total. The molecule has 0 fully saturated rings. The standard InChI is InChI=1S/C32H24N4S2/c1-3-19-5-9-29(37)24-11-13-33-27(31(19)24)15-22-7-8-23-21(17-35-22)18-36-26(23)16-28-32-20(4-2)6-10-30(38)25(32)12-14-34-28/h3-18,33-34,37-38H,1-2H2/b27-15+,28-16+. The van der Waals surface area contributed by atoms with Gasteiger partial charge >= 0.3 is 0 Å². The van der Waals surface area contributed by atoms with Crippen LogP contribution in [-0.4, -0.2) is 9.97 Å². The quantitative estimate of drug-likeness (QED) is 0.206. The summed E-state index contributed by atoms with van der Waals surface area (Å²) < 4.78 is 0. The molecule has 4 heterocycles. The first-order valence-corrected chi connectivity index (χ1v) is 13.0. The Morgan fingerprint density at radius 1 is 0.684 bits per heavy atom. The van der Waals surface area contributed by atoms with E-state index in [2.05, 4.69) is 61.2 Å². The van der Waals surface area contributed by atoms with Gasteiger partial charge in [0.15, 0.2) is 0 Å². The van der Waals surface area contributed by atoms with Crippen LogP contribution in [0.3, 0.4) is 0 Å². The van der Waals surface area contributed by atoms with Crippen LogP contribution in [0.1, 0.15) is 44.8 Å². The Labute approximate surface area is 233 Å². The molecule has 4 aliphatic heterocycles. The third-order valence-corrected chi connectivity index (χ3v) is 7.52. The van der Waals surface area contributed by atoms with Crippen molar-refractivity contribution < 1.29 is 0 Å². The second-order valence-corrected chi connectivity index (χ2v) is 9.90. The van der Waals surface area contributed by atoms with Crippen LogP contribution >= 0.6 is 25.3 Å². The number of fused-ring (bicyclic) bond motifs is 3. The zero-order chi connectivity index (χ0) is 26.2. The molecule has 0 atom stereocenters. The first-order valence-electron chi connectivity index (χ1n) is 12.1. The van der Waals surface area contributed by atoms with E-state index < -0.39 is 0 Å². The van der Waals surface area contributed by atoms with Gasteiger partial charge < -0.3 is 10.6 Å². The molecule has 6 rings (SSSR count). The van der Waals surface area contributed by atoms with Gasteiger partial charge in [-0.2, -0.15) is 0 Å². The Hall–Kier alpha value is -4.26. The van der Waals surface area contributed by atoms with Gasteiger partial charge in [-0.3, -0.25) is 9.97 Å². The molecule has 6 heteroatoms. The molecule has 0 saturated carbocycles. The minimum atomic E-state index is 0.820. The molecule has 0 spiro atoms. The van der Waals surface area contributed by atoms with Crippen LogP contribution in [-0.2, 0) is 0 Å². The van der Waals surface area contributed by atoms with Crippen LogP contribution in [0.4, 0.5) is 0 Å². The number of rotatable bonds is 4. The fraction of sp³-hybridized carbons (Fsp3) is 0. The maximum absolute atomic E-state index is 4.75. The van der Waals surface area contributed by atoms with Crippen LogP contribution in [0.25, 0.3) is 59.0 Å². The topological polar surface area (TPSA) is 49.8 Å². The molecule has 0 amide bonds. The lowest BCUT2D eigenvalue weighted by Gasteiger charge is -2.20. The van der Waals surface area contributed by atoms with Crippen molar-refractivity contribution in [2.45, 2.75) is 9.79 Å². The summed E-state index contributed by atoms with van der Waals surface area (Å²) in [6.07, 6.45) is 19.5. The van der Waals surface area contributed by atoms with Gasteiger partial charge in [0.2, 0.25) is 0 Å². The summed E-state index contributed by atoms with van der Waals surface area (Å²) >= 11 is 9.31. The fourth-order valence-electron chi connectivity index (χ4n) is 4.88. The van der Waals surface area contributed by atoms with Gasteiger partial charge in [-0.25, -0.2) is 0 Å². The molecule has 0 radical (unpaired) electrons. The molecule has 0 bridgehead atoms. The highest BCUT2D eigenvalue weighted by Crippen LogP contribution is 2.35. The zero-order valence-corrected chi connectivity index (χ0v) is 22.2. The second-order valence-electron chi connectivity index (χ2n) is 8.93. The molecule has 2 aromatic rings. The van der Waals surface area contributed by atoms with Gasteiger partial charge in [0.1, 0.15) is 0 Å². The van der Waals surface area contributed by atoms with Crippen LogP contribution in [0.2, 0.25) is 0 Å². The first-order chi connectivity index (χ1) is 18.6. The lowest BCUT2D eigenvalue weighted by Crippen LogP contribution is -2.11. The third-order valence-electron chi connectivity index (χ3n) is 6.74. The van der Waals surface area contributed by atoms with E-state index in [9.17, 15) is 0 Å². The Balaban J connectivity index is 1.42. The van der Waals surface area contributed by atoms with Gasteiger partial charge in [0.05, 0.1) is 11.4 Å². The Bertz CT molecular complexity index is 1730. The molecule has 0 aliphatic carbocycles. The fourth-order valence-corrected chi connectivity index (χ4v) is 5.40. The van der Waals surface area contributed by atoms with Gasteiger partial charge in [-0.1, -0.05) is 37.4 Å². The summed E-state index contributed by atoms with van der Waals surface area (Å²) in [6.45, 7) is 7.98. The number of benzene rings is 2. The van der Waals surface area contributed by atoms with Gasteiger partial charge in [0, 0.05) is 68.2 Å². The van der Waals surface area contributed by atoms with Gasteiger partial charge in [-0.05, 0) is 70.8 Å². The number of nitrogens with zero attached hydrogens (tertiary/aromatic N) is 2. The van der Waals surface area contributed by atoms with E-state index in [-0.39, 0.29) is 0 Å². The largest absolute Gasteiger partial charge is 0.361 e. The minimum absolute atomic E-state index is 0.820. The maximum atomic E-state index is 4.75. The first kappa shape index (κ1) is 24.1. The van der Waals surface area contributed by atoms with E-state index >= 15 is 0 Å². The normalized spacial score (nSPS) is 15.6. The van der Waals surface area contributed by atoms with Crippen LogP contribution in [0.5, 0.6) is 0 Å². The highest BCUT2D eigenvalue weighted by Gasteiger charge is 2.19. The third kappa shape index (κ3) is 4.18. The molecule has 0 unspecified atom stereocenters. The zero-order valence-electron chi connectivity index (χ0n) is 20.4. The van der Waals surface area contributed by atoms with E-state index in [0.29, 0.717) is 0 Å². The van der Waals surface area contributed by atoms with Gasteiger partial charge in [0.25, 0.3) is 0 Å². The minimum Gasteiger partial charge on any atom is -0.361 e. The average Bonchev–Trinajstić information content (AvgIpc) is 3.20. The molecule has 38 heavy (non-hydrogen) atoms. The molecule has 2 aromatic carbocycles. The molecular weight excluding hydrogens is 505 g/mol. The van der Waals surface area contributed by atoms with Crippen molar-refractivity contribution >= 4 is 73.1 Å². The van der Waals surface area contributed by atoms with Crippen LogP contribution in [0, 0.1) is 0 Å². The number of hydrogen-bond donors (Lipinski definition) is 4. The van der Waals surface area contributed by atoms with E-state index in [0.717, 1.165) is 77.1 Å². The number of hydrogen-bond acceptors (Lipinski definition) is 6. The molecule has 184 valence electrons. The van der Waals surface area contributed by atoms with Crippen molar-refractivity contribution in [3.8, 4) is 11.1 Å². The monoisotopic (exact) mass is 528 g/mol. The molecule has 0 saturated heterocycles. The Morgan fingerprint density at radius 3 is 1.87 bits per heavy atom. The highest BCUT2D eigenvalue weighted by atomic mass is 32.1. The van der Waals surface area contributed by atoms with Crippen LogP contribution in [0.15, 0.2) is 84.1 Å². The van der Waals surface area contributed by atoms with Crippen molar-refractivity contribution in [2.75, 3.05) is 0 Å². The average molecular weight is 529 g/mol. The van der Waals surface area contributed by atoms with Crippen molar-refractivity contribution in [1.82, 2.24) is 20.6 Å². The Kier molecular flexibility index (Phi) is 6.27. The summed E-state index contributed by atoms with van der Waals surface area (Å²) in [5.41, 5.74) is 11.9. The van der Waals surface area contributed by atoms with E-state index in [1.807, 2.05) is 85.5 Å². The van der Waals surface area contributed by atoms with Crippen molar-refractivity contribution in [1.29, 1.82) is 0 Å². The lowest BCUT2D eigenvalue weighted by molar-refractivity contribution is 1.18. The Morgan fingerprint density at radius 2 is 1.26 bits per heavy atom. The number of aromatic nitrogens is 2. The second kappa shape index (κ2) is 9.89. The van der Waals surface area contributed by atoms with E-state index in [1.165, 1.54) is 0 Å². The highest BCUT2D eigenvalue weighted by molar-refractivity contribution is 7.80. The summed E-state index contributed by atoms with van der Waals surface area (Å²) in [5, 5.41) is 6.75.